The van der Waals surface area contributed by atoms with Gasteiger partial charge in [-0.15, -0.1) is 11.8 Å². The Morgan fingerprint density at radius 2 is 1.95 bits per heavy atom. The summed E-state index contributed by atoms with van der Waals surface area (Å²) in [5.41, 5.74) is 2.49. The lowest BCUT2D eigenvalue weighted by Crippen LogP contribution is -2.03. The van der Waals surface area contributed by atoms with E-state index in [1.54, 1.807) is 24.9 Å². The fourth-order valence-electron chi connectivity index (χ4n) is 1.91. The van der Waals surface area contributed by atoms with E-state index < -0.39 is 0 Å². The summed E-state index contributed by atoms with van der Waals surface area (Å²) < 4.78 is 5.30. The Balaban J connectivity index is 2.15. The maximum Gasteiger partial charge on any atom is 0.143 e. The third kappa shape index (κ3) is 3.25. The van der Waals surface area contributed by atoms with E-state index in [4.69, 9.17) is 10.00 Å². The standard InChI is InChI=1S/C16H16N2OS/c1-19-15-5-3-4-13(10-17)16(15)18-11-12-6-8-14(20-2)9-7-12/h3-9,18H,11H2,1-2H3. The molecule has 0 aliphatic rings. The number of benzene rings is 2. The molecule has 2 rings (SSSR count). The zero-order valence-corrected chi connectivity index (χ0v) is 12.3. The van der Waals surface area contributed by atoms with Crippen LogP contribution in [0, 0.1) is 11.3 Å². The SMILES string of the molecule is COc1cccc(C#N)c1NCc1ccc(SC)cc1. The van der Waals surface area contributed by atoms with Gasteiger partial charge in [-0.1, -0.05) is 18.2 Å². The van der Waals surface area contributed by atoms with Crippen molar-refractivity contribution < 1.29 is 4.74 Å². The molecule has 0 radical (unpaired) electrons. The topological polar surface area (TPSA) is 45.0 Å². The van der Waals surface area contributed by atoms with Gasteiger partial charge in [0.15, 0.2) is 0 Å². The average Bonchev–Trinajstić information content (AvgIpc) is 2.52. The number of anilines is 1. The van der Waals surface area contributed by atoms with Crippen LogP contribution in [0.15, 0.2) is 47.4 Å². The molecule has 2 aromatic rings. The first-order chi connectivity index (χ1) is 9.78. The second-order valence-electron chi connectivity index (χ2n) is 4.20. The van der Waals surface area contributed by atoms with Gasteiger partial charge in [-0.05, 0) is 36.1 Å². The van der Waals surface area contributed by atoms with Crippen LogP contribution in [0.1, 0.15) is 11.1 Å². The molecule has 0 fully saturated rings. The first kappa shape index (κ1) is 14.3. The Hall–Kier alpha value is -2.12. The quantitative estimate of drug-likeness (QED) is 0.846. The first-order valence-corrected chi connectivity index (χ1v) is 7.45. The van der Waals surface area contributed by atoms with Gasteiger partial charge >= 0.3 is 0 Å². The Labute approximate surface area is 123 Å². The molecule has 0 saturated carbocycles. The van der Waals surface area contributed by atoms with E-state index in [1.807, 2.05) is 12.1 Å². The number of hydrogen-bond donors (Lipinski definition) is 1. The Bertz CT molecular complexity index is 617. The summed E-state index contributed by atoms with van der Waals surface area (Å²) in [6.07, 6.45) is 2.06. The third-order valence-electron chi connectivity index (χ3n) is 2.99. The van der Waals surface area contributed by atoms with Crippen molar-refractivity contribution in [2.75, 3.05) is 18.7 Å². The van der Waals surface area contributed by atoms with Gasteiger partial charge in [0.05, 0.1) is 18.4 Å². The molecule has 0 spiro atoms. The molecule has 0 bridgehead atoms. The van der Waals surface area contributed by atoms with E-state index in [2.05, 4.69) is 41.9 Å². The van der Waals surface area contributed by atoms with Crippen LogP contribution in [-0.2, 0) is 6.54 Å². The number of nitriles is 1. The Morgan fingerprint density at radius 1 is 1.20 bits per heavy atom. The predicted molar refractivity (Wildman–Crippen MR) is 83.3 cm³/mol. The molecule has 0 atom stereocenters. The van der Waals surface area contributed by atoms with E-state index in [0.717, 1.165) is 11.3 Å². The number of nitrogens with zero attached hydrogens (tertiary/aromatic N) is 1. The van der Waals surface area contributed by atoms with Crippen LogP contribution in [-0.4, -0.2) is 13.4 Å². The highest BCUT2D eigenvalue weighted by atomic mass is 32.2. The van der Waals surface area contributed by atoms with E-state index in [9.17, 15) is 0 Å². The van der Waals surface area contributed by atoms with Gasteiger partial charge in [-0.2, -0.15) is 5.26 Å². The fourth-order valence-corrected chi connectivity index (χ4v) is 2.32. The molecule has 0 aliphatic carbocycles. The molecule has 2 aromatic carbocycles. The van der Waals surface area contributed by atoms with E-state index in [0.29, 0.717) is 17.9 Å². The molecular formula is C16H16N2OS. The fraction of sp³-hybridized carbons (Fsp3) is 0.188. The lowest BCUT2D eigenvalue weighted by atomic mass is 10.1. The summed E-state index contributed by atoms with van der Waals surface area (Å²) in [5, 5.41) is 12.4. The van der Waals surface area contributed by atoms with Gasteiger partial charge < -0.3 is 10.1 Å². The summed E-state index contributed by atoms with van der Waals surface area (Å²) in [7, 11) is 1.61. The summed E-state index contributed by atoms with van der Waals surface area (Å²) in [6, 6.07) is 16.0. The van der Waals surface area contributed by atoms with Crippen LogP contribution in [0.2, 0.25) is 0 Å². The summed E-state index contributed by atoms with van der Waals surface area (Å²) in [4.78, 5) is 1.24. The van der Waals surface area contributed by atoms with Gasteiger partial charge in [0, 0.05) is 11.4 Å². The number of thioether (sulfide) groups is 1. The molecule has 0 saturated heterocycles. The normalized spacial score (nSPS) is 9.85. The molecule has 102 valence electrons. The second kappa shape index (κ2) is 6.88. The molecule has 1 N–H and O–H groups in total. The van der Waals surface area contributed by atoms with E-state index >= 15 is 0 Å². The predicted octanol–water partition coefficient (Wildman–Crippen LogP) is 3.90. The largest absolute Gasteiger partial charge is 0.495 e. The summed E-state index contributed by atoms with van der Waals surface area (Å²) >= 11 is 1.72. The zero-order valence-electron chi connectivity index (χ0n) is 11.5. The van der Waals surface area contributed by atoms with Gasteiger partial charge in [-0.25, -0.2) is 0 Å². The van der Waals surface area contributed by atoms with Crippen molar-refractivity contribution >= 4 is 17.4 Å². The Morgan fingerprint density at radius 3 is 2.55 bits per heavy atom. The minimum Gasteiger partial charge on any atom is -0.495 e. The lowest BCUT2D eigenvalue weighted by Gasteiger charge is -2.12. The molecule has 0 heterocycles. The minimum absolute atomic E-state index is 0.588. The molecule has 0 amide bonds. The lowest BCUT2D eigenvalue weighted by molar-refractivity contribution is 0.416. The highest BCUT2D eigenvalue weighted by Gasteiger charge is 2.08. The first-order valence-electron chi connectivity index (χ1n) is 6.22. The Kier molecular flexibility index (Phi) is 4.91. The molecule has 0 aromatic heterocycles. The smallest absolute Gasteiger partial charge is 0.143 e. The van der Waals surface area contributed by atoms with Crippen molar-refractivity contribution in [1.29, 1.82) is 5.26 Å². The molecule has 3 nitrogen and oxygen atoms in total. The van der Waals surface area contributed by atoms with Crippen LogP contribution in [0.25, 0.3) is 0 Å². The molecule has 0 aliphatic heterocycles. The number of rotatable bonds is 5. The van der Waals surface area contributed by atoms with Gasteiger partial charge in [0.1, 0.15) is 11.8 Å². The third-order valence-corrected chi connectivity index (χ3v) is 3.74. The molecule has 4 heteroatoms. The van der Waals surface area contributed by atoms with Gasteiger partial charge in [0.2, 0.25) is 0 Å². The highest BCUT2D eigenvalue weighted by molar-refractivity contribution is 7.98. The van der Waals surface area contributed by atoms with Crippen molar-refractivity contribution in [3.63, 3.8) is 0 Å². The number of para-hydroxylation sites is 1. The summed E-state index contributed by atoms with van der Waals surface area (Å²) in [5.74, 6) is 0.685. The van der Waals surface area contributed by atoms with Gasteiger partial charge in [0.25, 0.3) is 0 Å². The van der Waals surface area contributed by atoms with Crippen molar-refractivity contribution in [2.45, 2.75) is 11.4 Å². The van der Waals surface area contributed by atoms with Crippen LogP contribution in [0.5, 0.6) is 5.75 Å². The van der Waals surface area contributed by atoms with Crippen LogP contribution >= 0.6 is 11.8 Å². The van der Waals surface area contributed by atoms with Crippen LogP contribution in [0.3, 0.4) is 0 Å². The second-order valence-corrected chi connectivity index (χ2v) is 5.08. The monoisotopic (exact) mass is 284 g/mol. The van der Waals surface area contributed by atoms with Crippen molar-refractivity contribution in [1.82, 2.24) is 0 Å². The minimum atomic E-state index is 0.588. The maximum absolute atomic E-state index is 9.16. The molecular weight excluding hydrogens is 268 g/mol. The zero-order chi connectivity index (χ0) is 14.4. The number of hydrogen-bond acceptors (Lipinski definition) is 4. The van der Waals surface area contributed by atoms with Crippen LogP contribution < -0.4 is 10.1 Å². The van der Waals surface area contributed by atoms with Crippen molar-refractivity contribution in [2.24, 2.45) is 0 Å². The molecule has 0 unspecified atom stereocenters. The number of nitrogens with one attached hydrogen (secondary N) is 1. The van der Waals surface area contributed by atoms with Crippen molar-refractivity contribution in [3.8, 4) is 11.8 Å². The number of methoxy groups -OCH3 is 1. The number of ether oxygens (including phenoxy) is 1. The molecule has 20 heavy (non-hydrogen) atoms. The van der Waals surface area contributed by atoms with E-state index in [1.165, 1.54) is 4.90 Å². The average molecular weight is 284 g/mol. The summed E-state index contributed by atoms with van der Waals surface area (Å²) in [6.45, 7) is 0.656. The van der Waals surface area contributed by atoms with Crippen LogP contribution in [0.4, 0.5) is 5.69 Å². The van der Waals surface area contributed by atoms with Crippen molar-refractivity contribution in [3.05, 3.63) is 53.6 Å². The maximum atomic E-state index is 9.16. The van der Waals surface area contributed by atoms with Gasteiger partial charge in [-0.3, -0.25) is 0 Å². The van der Waals surface area contributed by atoms with E-state index in [-0.39, 0.29) is 0 Å². The highest BCUT2D eigenvalue weighted by Crippen LogP contribution is 2.28.